The van der Waals surface area contributed by atoms with Gasteiger partial charge in [0.2, 0.25) is 5.91 Å². The van der Waals surface area contributed by atoms with E-state index in [0.29, 0.717) is 12.8 Å². The number of aliphatic hydroxyl groups excluding tert-OH is 4. The molecule has 1 heterocycles. The molecule has 0 aromatic carbocycles. The number of unbranched alkanes of at least 4 members (excludes halogenated alkanes) is 18. The fourth-order valence-electron chi connectivity index (χ4n) is 6.23. The van der Waals surface area contributed by atoms with E-state index in [-0.39, 0.29) is 18.9 Å². The van der Waals surface area contributed by atoms with Crippen molar-refractivity contribution in [3.63, 3.8) is 0 Å². The zero-order chi connectivity index (χ0) is 37.0. The van der Waals surface area contributed by atoms with Crippen molar-refractivity contribution in [2.75, 3.05) is 13.2 Å². The maximum Gasteiger partial charge on any atom is 0.397 e. The van der Waals surface area contributed by atoms with Crippen LogP contribution in [0.25, 0.3) is 0 Å². The molecule has 1 saturated heterocycles. The maximum atomic E-state index is 12.9. The standard InChI is InChI=1S/C37H71NO11S/c1-3-5-7-9-11-13-14-15-16-17-19-20-22-24-26-31(40)30(38-33(41)27-25-23-21-18-12-10-8-6-4-2)29-47-37-35(43)36(49-50(44,45)46)34(42)32(28-39)48-37/h18,21,30-32,34-37,39-40,42-43H,3-17,19-20,22-29H2,1-2H3,(H,38,41)(H,44,45,46)/b21-18-. The highest BCUT2D eigenvalue weighted by molar-refractivity contribution is 7.80. The molecule has 1 aliphatic heterocycles. The molecule has 6 N–H and O–H groups in total. The Kier molecular flexibility index (Phi) is 27.5. The molecule has 1 aliphatic rings. The van der Waals surface area contributed by atoms with Crippen molar-refractivity contribution in [1.29, 1.82) is 0 Å². The Morgan fingerprint density at radius 2 is 1.28 bits per heavy atom. The van der Waals surface area contributed by atoms with Crippen LogP contribution in [0, 0.1) is 0 Å². The minimum atomic E-state index is -5.07. The fourth-order valence-corrected chi connectivity index (χ4v) is 6.73. The topological polar surface area (TPSA) is 192 Å². The number of allylic oxidation sites excluding steroid dienone is 2. The lowest BCUT2D eigenvalue weighted by atomic mass is 9.99. The number of carbonyl (C=O) groups excluding carboxylic acids is 1. The molecule has 1 amide bonds. The van der Waals surface area contributed by atoms with E-state index in [1.165, 1.54) is 83.5 Å². The molecule has 50 heavy (non-hydrogen) atoms. The molecule has 13 heteroatoms. The van der Waals surface area contributed by atoms with Crippen LogP contribution in [-0.2, 0) is 28.9 Å². The van der Waals surface area contributed by atoms with Crippen molar-refractivity contribution in [2.45, 2.75) is 204 Å². The smallest absolute Gasteiger partial charge is 0.394 e. The monoisotopic (exact) mass is 737 g/mol. The highest BCUT2D eigenvalue weighted by Gasteiger charge is 2.48. The van der Waals surface area contributed by atoms with Crippen molar-refractivity contribution in [3.05, 3.63) is 12.2 Å². The maximum absolute atomic E-state index is 12.9. The lowest BCUT2D eigenvalue weighted by molar-refractivity contribution is -0.298. The Labute approximate surface area is 302 Å². The third-order valence-electron chi connectivity index (χ3n) is 9.32. The molecule has 0 aromatic rings. The first-order valence-electron chi connectivity index (χ1n) is 19.6. The predicted octanol–water partition coefficient (Wildman–Crippen LogP) is 6.04. The number of hydrogen-bond donors (Lipinski definition) is 6. The van der Waals surface area contributed by atoms with E-state index in [2.05, 4.69) is 35.5 Å². The van der Waals surface area contributed by atoms with Crippen LogP contribution in [0.2, 0.25) is 0 Å². The van der Waals surface area contributed by atoms with Crippen LogP contribution in [0.3, 0.4) is 0 Å². The summed E-state index contributed by atoms with van der Waals surface area (Å²) in [6.45, 7) is 3.36. The number of ether oxygens (including phenoxy) is 2. The molecule has 0 aliphatic carbocycles. The van der Waals surface area contributed by atoms with E-state index in [1.54, 1.807) is 0 Å². The minimum Gasteiger partial charge on any atom is -0.394 e. The molecule has 0 bridgehead atoms. The molecular weight excluding hydrogens is 666 g/mol. The number of nitrogens with one attached hydrogen (secondary N) is 1. The van der Waals surface area contributed by atoms with Crippen molar-refractivity contribution < 1.29 is 51.8 Å². The van der Waals surface area contributed by atoms with Gasteiger partial charge in [-0.3, -0.25) is 9.35 Å². The van der Waals surface area contributed by atoms with E-state index in [0.717, 1.165) is 44.9 Å². The Hall–Kier alpha value is -1.16. The summed E-state index contributed by atoms with van der Waals surface area (Å²) in [6.07, 6.45) is 19.6. The molecule has 7 unspecified atom stereocenters. The number of aliphatic hydroxyl groups is 4. The molecule has 7 atom stereocenters. The summed E-state index contributed by atoms with van der Waals surface area (Å²) in [6, 6.07) is -0.866. The zero-order valence-corrected chi connectivity index (χ0v) is 31.8. The Bertz CT molecular complexity index is 967. The van der Waals surface area contributed by atoms with Gasteiger partial charge in [0.15, 0.2) is 6.29 Å². The Morgan fingerprint density at radius 3 is 1.80 bits per heavy atom. The quantitative estimate of drug-likeness (QED) is 0.0268. The normalized spacial score (nSPS) is 22.6. The van der Waals surface area contributed by atoms with Crippen LogP contribution in [-0.4, -0.2) is 95.4 Å². The van der Waals surface area contributed by atoms with Gasteiger partial charge in [0, 0.05) is 6.42 Å². The highest BCUT2D eigenvalue weighted by atomic mass is 32.3. The van der Waals surface area contributed by atoms with E-state index in [1.807, 2.05) is 0 Å². The third-order valence-corrected chi connectivity index (χ3v) is 9.79. The summed E-state index contributed by atoms with van der Waals surface area (Å²) in [4.78, 5) is 12.9. The van der Waals surface area contributed by atoms with Gasteiger partial charge in [-0.1, -0.05) is 135 Å². The van der Waals surface area contributed by atoms with E-state index < -0.39 is 59.9 Å². The van der Waals surface area contributed by atoms with Crippen molar-refractivity contribution in [3.8, 4) is 0 Å². The summed E-state index contributed by atoms with van der Waals surface area (Å²) in [7, 11) is -5.07. The molecule has 296 valence electrons. The zero-order valence-electron chi connectivity index (χ0n) is 31.0. The van der Waals surface area contributed by atoms with Gasteiger partial charge in [0.25, 0.3) is 0 Å². The van der Waals surface area contributed by atoms with Crippen molar-refractivity contribution >= 4 is 16.3 Å². The summed E-state index contributed by atoms with van der Waals surface area (Å²) < 4.78 is 47.3. The fraction of sp³-hybridized carbons (Fsp3) is 0.919. The molecule has 0 spiro atoms. The highest BCUT2D eigenvalue weighted by Crippen LogP contribution is 2.26. The van der Waals surface area contributed by atoms with Gasteiger partial charge in [-0.05, 0) is 32.1 Å². The van der Waals surface area contributed by atoms with Gasteiger partial charge in [-0.15, -0.1) is 0 Å². The summed E-state index contributed by atoms with van der Waals surface area (Å²) in [5.41, 5.74) is 0. The predicted molar refractivity (Wildman–Crippen MR) is 195 cm³/mol. The van der Waals surface area contributed by atoms with E-state index >= 15 is 0 Å². The number of hydrogen-bond acceptors (Lipinski definition) is 10. The van der Waals surface area contributed by atoms with Crippen LogP contribution in [0.4, 0.5) is 0 Å². The summed E-state index contributed by atoms with van der Waals surface area (Å²) in [5, 5.41) is 44.5. The number of rotatable bonds is 32. The molecule has 0 radical (unpaired) electrons. The summed E-state index contributed by atoms with van der Waals surface area (Å²) >= 11 is 0. The van der Waals surface area contributed by atoms with Gasteiger partial charge in [-0.2, -0.15) is 8.42 Å². The average Bonchev–Trinajstić information content (AvgIpc) is 3.08. The van der Waals surface area contributed by atoms with Crippen molar-refractivity contribution in [1.82, 2.24) is 5.32 Å². The van der Waals surface area contributed by atoms with Crippen molar-refractivity contribution in [2.24, 2.45) is 0 Å². The van der Waals surface area contributed by atoms with Gasteiger partial charge in [0.05, 0.1) is 25.4 Å². The minimum absolute atomic E-state index is 0.244. The van der Waals surface area contributed by atoms with Gasteiger partial charge < -0.3 is 35.2 Å². The molecule has 1 fully saturated rings. The SMILES string of the molecule is CCCCCC/C=C\CCCC(=O)NC(COC1OC(CO)C(O)C(OS(=O)(=O)O)C1O)C(O)CCCCCCCCCCCCCCCC. The van der Waals surface area contributed by atoms with Crippen LogP contribution >= 0.6 is 0 Å². The molecule has 0 saturated carbocycles. The van der Waals surface area contributed by atoms with E-state index in [9.17, 15) is 33.6 Å². The van der Waals surface area contributed by atoms with Crippen LogP contribution in [0.1, 0.15) is 162 Å². The van der Waals surface area contributed by atoms with Gasteiger partial charge >= 0.3 is 10.4 Å². The average molecular weight is 738 g/mol. The van der Waals surface area contributed by atoms with Gasteiger partial charge in [-0.25, -0.2) is 4.18 Å². The molecule has 1 rings (SSSR count). The number of carbonyl (C=O) groups is 1. The first kappa shape index (κ1) is 46.9. The van der Waals surface area contributed by atoms with Crippen LogP contribution in [0.15, 0.2) is 12.2 Å². The first-order chi connectivity index (χ1) is 24.0. The molecule has 12 nitrogen and oxygen atoms in total. The Balaban J connectivity index is 2.60. The van der Waals surface area contributed by atoms with Gasteiger partial charge in [0.1, 0.15) is 24.4 Å². The summed E-state index contributed by atoms with van der Waals surface area (Å²) in [5.74, 6) is -0.267. The third kappa shape index (κ3) is 22.7. The number of amides is 1. The largest absolute Gasteiger partial charge is 0.397 e. The van der Waals surface area contributed by atoms with E-state index in [4.69, 9.17) is 14.0 Å². The second-order valence-electron chi connectivity index (χ2n) is 13.9. The lowest BCUT2D eigenvalue weighted by Crippen LogP contribution is -2.61. The second kappa shape index (κ2) is 29.3. The molecular formula is C37H71NO11S. The molecule has 0 aromatic heterocycles. The lowest BCUT2D eigenvalue weighted by Gasteiger charge is -2.41. The second-order valence-corrected chi connectivity index (χ2v) is 14.9. The van der Waals surface area contributed by atoms with Crippen LogP contribution in [0.5, 0.6) is 0 Å². The van der Waals surface area contributed by atoms with Crippen LogP contribution < -0.4 is 5.32 Å². The first-order valence-corrected chi connectivity index (χ1v) is 20.9. The Morgan fingerprint density at radius 1 is 0.780 bits per heavy atom.